The first-order valence-electron chi connectivity index (χ1n) is 18.2. The number of ether oxygens (including phenoxy) is 6. The Morgan fingerprint density at radius 1 is 0.686 bits per heavy atom. The number of nitrogens with zero attached hydrogens (tertiary/aromatic N) is 2. The molecular weight excluding hydrogens is 642 g/mol. The van der Waals surface area contributed by atoms with Crippen molar-refractivity contribution in [3.63, 3.8) is 0 Å². The van der Waals surface area contributed by atoms with Gasteiger partial charge in [0.25, 0.3) is 0 Å². The van der Waals surface area contributed by atoms with Crippen LogP contribution < -0.4 is 34.2 Å². The summed E-state index contributed by atoms with van der Waals surface area (Å²) in [5.41, 5.74) is 12.9. The molecule has 0 amide bonds. The Labute approximate surface area is 302 Å². The van der Waals surface area contributed by atoms with Gasteiger partial charge in [0.2, 0.25) is 5.75 Å². The van der Waals surface area contributed by atoms with Gasteiger partial charge in [0.05, 0.1) is 27.9 Å². The summed E-state index contributed by atoms with van der Waals surface area (Å²) in [5, 5.41) is 0. The Bertz CT molecular complexity index is 1840. The van der Waals surface area contributed by atoms with E-state index in [0.717, 1.165) is 80.7 Å². The smallest absolute Gasteiger partial charge is 0.204 e. The van der Waals surface area contributed by atoms with E-state index in [1.807, 2.05) is 6.07 Å². The van der Waals surface area contributed by atoms with Crippen LogP contribution in [0.25, 0.3) is 0 Å². The molecule has 9 nitrogen and oxygen atoms in total. The summed E-state index contributed by atoms with van der Waals surface area (Å²) in [7, 11) is 9.45. The zero-order chi connectivity index (χ0) is 35.5. The third-order valence-corrected chi connectivity index (χ3v) is 10.7. The second-order valence-electron chi connectivity index (χ2n) is 13.9. The van der Waals surface area contributed by atoms with Crippen LogP contribution in [0.4, 0.5) is 0 Å². The fourth-order valence-corrected chi connectivity index (χ4v) is 7.83. The quantitative estimate of drug-likeness (QED) is 0.178. The molecule has 270 valence electrons. The maximum absolute atomic E-state index is 7.08. The number of benzene rings is 4. The van der Waals surface area contributed by atoms with Crippen molar-refractivity contribution in [2.24, 2.45) is 5.73 Å². The molecule has 0 unspecified atom stereocenters. The van der Waals surface area contributed by atoms with Crippen molar-refractivity contribution in [1.82, 2.24) is 9.80 Å². The van der Waals surface area contributed by atoms with Crippen molar-refractivity contribution >= 4 is 0 Å². The zero-order valence-corrected chi connectivity index (χ0v) is 30.6. The highest BCUT2D eigenvalue weighted by Crippen LogP contribution is 2.52. The van der Waals surface area contributed by atoms with E-state index in [0.29, 0.717) is 47.6 Å². The fraction of sp³-hybridized carbons (Fsp3) is 0.429. The number of unbranched alkanes of at least 4 members (excludes halogenated alkanes) is 2. The summed E-state index contributed by atoms with van der Waals surface area (Å²) in [5.74, 6) is 5.47. The third kappa shape index (κ3) is 7.20. The van der Waals surface area contributed by atoms with Crippen LogP contribution in [0.1, 0.15) is 64.7 Å². The van der Waals surface area contributed by atoms with Crippen LogP contribution in [0.2, 0.25) is 0 Å². The lowest BCUT2D eigenvalue weighted by Gasteiger charge is -2.37. The van der Waals surface area contributed by atoms with Gasteiger partial charge in [0, 0.05) is 30.7 Å². The SMILES string of the molecule is COc1cc2c3cc1Oc1c(OC)c(OC)cc4c1[C@@H](Cc1ccc(OCCCCCN)c(c1)Oc1ccc(cc1)C[C@@H]3N(C)CC2)N(C)CC4. The van der Waals surface area contributed by atoms with Gasteiger partial charge in [-0.05, 0) is 136 Å². The van der Waals surface area contributed by atoms with E-state index in [2.05, 4.69) is 78.5 Å². The highest BCUT2D eigenvalue weighted by molar-refractivity contribution is 5.64. The number of hydrogen-bond donors (Lipinski definition) is 1. The van der Waals surface area contributed by atoms with Gasteiger partial charge in [-0.15, -0.1) is 0 Å². The molecule has 2 N–H and O–H groups in total. The minimum atomic E-state index is -0.0138. The van der Waals surface area contributed by atoms with Crippen LogP contribution in [0.5, 0.6) is 46.0 Å². The molecule has 4 aliphatic heterocycles. The van der Waals surface area contributed by atoms with Gasteiger partial charge in [0.1, 0.15) is 5.75 Å². The van der Waals surface area contributed by atoms with Crippen molar-refractivity contribution in [3.8, 4) is 46.0 Å². The number of hydrogen-bond acceptors (Lipinski definition) is 9. The lowest BCUT2D eigenvalue weighted by Crippen LogP contribution is -2.34. The topological polar surface area (TPSA) is 87.9 Å². The summed E-state index contributed by atoms with van der Waals surface area (Å²) < 4.78 is 38.0. The minimum absolute atomic E-state index is 0.0138. The molecule has 4 aromatic carbocycles. The van der Waals surface area contributed by atoms with E-state index in [1.54, 1.807) is 21.3 Å². The highest BCUT2D eigenvalue weighted by Gasteiger charge is 2.34. The predicted molar refractivity (Wildman–Crippen MR) is 200 cm³/mol. The normalized spacial score (nSPS) is 18.5. The van der Waals surface area contributed by atoms with E-state index >= 15 is 0 Å². The molecule has 0 saturated carbocycles. The van der Waals surface area contributed by atoms with Crippen LogP contribution in [0.3, 0.4) is 0 Å². The molecule has 4 aromatic rings. The lowest BCUT2D eigenvalue weighted by molar-refractivity contribution is 0.220. The molecule has 0 fully saturated rings. The maximum atomic E-state index is 7.08. The van der Waals surface area contributed by atoms with Crippen LogP contribution in [-0.2, 0) is 25.7 Å². The molecule has 0 aromatic heterocycles. The summed E-state index contributed by atoms with van der Waals surface area (Å²) in [6.45, 7) is 3.15. The van der Waals surface area contributed by atoms with Crippen LogP contribution in [-0.4, -0.2) is 71.5 Å². The van der Waals surface area contributed by atoms with Crippen LogP contribution >= 0.6 is 0 Å². The van der Waals surface area contributed by atoms with E-state index in [4.69, 9.17) is 34.2 Å². The van der Waals surface area contributed by atoms with Gasteiger partial charge in [-0.2, -0.15) is 0 Å². The largest absolute Gasteiger partial charge is 0.493 e. The monoisotopic (exact) mass is 693 g/mol. The van der Waals surface area contributed by atoms with Crippen LogP contribution in [0.15, 0.2) is 60.7 Å². The van der Waals surface area contributed by atoms with Crippen molar-refractivity contribution < 1.29 is 28.4 Å². The van der Waals surface area contributed by atoms with Gasteiger partial charge in [-0.3, -0.25) is 9.80 Å². The highest BCUT2D eigenvalue weighted by atomic mass is 16.5. The molecule has 0 aliphatic carbocycles. The minimum Gasteiger partial charge on any atom is -0.493 e. The van der Waals surface area contributed by atoms with Crippen molar-refractivity contribution in [1.29, 1.82) is 0 Å². The van der Waals surface area contributed by atoms with Gasteiger partial charge in [-0.1, -0.05) is 18.2 Å². The molecule has 2 atom stereocenters. The molecule has 4 aliphatic rings. The first-order chi connectivity index (χ1) is 24.9. The van der Waals surface area contributed by atoms with E-state index < -0.39 is 0 Å². The average molecular weight is 694 g/mol. The van der Waals surface area contributed by atoms with Crippen LogP contribution in [0, 0.1) is 0 Å². The van der Waals surface area contributed by atoms with Crippen molar-refractivity contribution in [2.75, 3.05) is 61.7 Å². The number of methoxy groups -OCH3 is 3. The number of nitrogens with two attached hydrogens (primary N) is 1. The lowest BCUT2D eigenvalue weighted by atomic mass is 9.87. The average Bonchev–Trinajstić information content (AvgIpc) is 3.14. The molecule has 0 radical (unpaired) electrons. The van der Waals surface area contributed by atoms with Gasteiger partial charge >= 0.3 is 0 Å². The second-order valence-corrected chi connectivity index (χ2v) is 13.9. The molecule has 0 saturated heterocycles. The molecular formula is C42H51N3O6. The summed E-state index contributed by atoms with van der Waals surface area (Å²) in [6, 6.07) is 21.4. The molecule has 51 heavy (non-hydrogen) atoms. The molecule has 9 heteroatoms. The number of likely N-dealkylation sites (N-methyl/N-ethyl adjacent to an activating group) is 2. The zero-order valence-electron chi connectivity index (χ0n) is 30.6. The third-order valence-electron chi connectivity index (χ3n) is 10.7. The Kier molecular flexibility index (Phi) is 10.6. The number of fused-ring (bicyclic) bond motifs is 2. The number of rotatable bonds is 9. The Hall–Kier alpha value is -4.44. The van der Waals surface area contributed by atoms with Gasteiger partial charge < -0.3 is 34.2 Å². The van der Waals surface area contributed by atoms with Gasteiger partial charge in [0.15, 0.2) is 34.5 Å². The predicted octanol–water partition coefficient (Wildman–Crippen LogP) is 7.66. The van der Waals surface area contributed by atoms with Crippen molar-refractivity contribution in [3.05, 3.63) is 94.0 Å². The Morgan fingerprint density at radius 3 is 2.12 bits per heavy atom. The molecule has 4 heterocycles. The Balaban J connectivity index is 1.39. The summed E-state index contributed by atoms with van der Waals surface area (Å²) in [4.78, 5) is 4.83. The second kappa shape index (κ2) is 15.4. The van der Waals surface area contributed by atoms with E-state index in [9.17, 15) is 0 Å². The maximum Gasteiger partial charge on any atom is 0.204 e. The molecule has 0 spiro atoms. The van der Waals surface area contributed by atoms with E-state index in [-0.39, 0.29) is 12.1 Å². The van der Waals surface area contributed by atoms with Gasteiger partial charge in [-0.25, -0.2) is 0 Å². The summed E-state index contributed by atoms with van der Waals surface area (Å²) >= 11 is 0. The Morgan fingerprint density at radius 2 is 1.37 bits per heavy atom. The first kappa shape index (κ1) is 35.0. The summed E-state index contributed by atoms with van der Waals surface area (Å²) in [6.07, 6.45) is 6.31. The molecule has 8 rings (SSSR count). The molecule has 6 bridgehead atoms. The van der Waals surface area contributed by atoms with E-state index in [1.165, 1.54) is 22.3 Å². The fourth-order valence-electron chi connectivity index (χ4n) is 7.83. The standard InChI is InChI=1S/C42H51N3O6/c1-44-18-15-29-24-36(46-3)38-26-32(29)33(44)21-27-9-12-31(13-10-27)50-37-23-28(11-14-35(37)49-20-8-6-7-17-43)22-34-40-30(16-19-45(34)2)25-39(47-4)41(48-5)42(40)51-38/h9-14,23-26,33-34H,6-8,15-22,43H2,1-5H3/t33-,34+/m0/s1. The van der Waals surface area contributed by atoms with Crippen molar-refractivity contribution in [2.45, 2.75) is 57.0 Å². The first-order valence-corrected chi connectivity index (χ1v) is 18.2.